The summed E-state index contributed by atoms with van der Waals surface area (Å²) in [5.41, 5.74) is 7.00. The Bertz CT molecular complexity index is 988. The highest BCUT2D eigenvalue weighted by molar-refractivity contribution is 5.78. The molecule has 0 spiro atoms. The molecule has 0 heterocycles. The molecule has 9 heteroatoms. The van der Waals surface area contributed by atoms with Crippen LogP contribution in [0.4, 0.5) is 42.1 Å². The Morgan fingerprint density at radius 3 is 1.28 bits per heavy atom. The van der Waals surface area contributed by atoms with E-state index in [9.17, 15) is 30.7 Å². The Balaban J connectivity index is 2.26. The normalized spacial score (nSPS) is 12.2. The summed E-state index contributed by atoms with van der Waals surface area (Å²) in [6.45, 7) is 0. The second kappa shape index (κ2) is 6.98. The van der Waals surface area contributed by atoms with E-state index in [4.69, 9.17) is 11.5 Å². The van der Waals surface area contributed by atoms with Gasteiger partial charge in [-0.2, -0.15) is 26.3 Å². The number of nitrogens with two attached hydrogens (primary N) is 2. The summed E-state index contributed by atoms with van der Waals surface area (Å²) in [4.78, 5) is 0. The molecule has 0 atom stereocenters. The maximum atomic E-state index is 14.2. The van der Waals surface area contributed by atoms with Gasteiger partial charge in [0.2, 0.25) is 0 Å². The van der Waals surface area contributed by atoms with Crippen molar-refractivity contribution in [3.05, 3.63) is 71.5 Å². The Kier molecular flexibility index (Phi) is 4.94. The van der Waals surface area contributed by atoms with Crippen molar-refractivity contribution in [3.63, 3.8) is 0 Å². The van der Waals surface area contributed by atoms with Gasteiger partial charge in [-0.05, 0) is 64.7 Å². The summed E-state index contributed by atoms with van der Waals surface area (Å²) in [5.74, 6) is -0.993. The van der Waals surface area contributed by atoms with Crippen LogP contribution in [-0.2, 0) is 12.4 Å². The van der Waals surface area contributed by atoms with Crippen LogP contribution in [-0.4, -0.2) is 0 Å². The molecule has 152 valence electrons. The molecule has 0 saturated heterocycles. The highest BCUT2D eigenvalue weighted by atomic mass is 19.4. The molecule has 0 fully saturated rings. The molecule has 0 unspecified atom stereocenters. The lowest BCUT2D eigenvalue weighted by molar-refractivity contribution is -0.137. The van der Waals surface area contributed by atoms with Crippen LogP contribution in [0, 0.1) is 5.82 Å². The first kappa shape index (κ1) is 20.5. The molecule has 0 aliphatic heterocycles. The fourth-order valence-electron chi connectivity index (χ4n) is 3.00. The molecule has 0 aromatic heterocycles. The number of hydrogen-bond donors (Lipinski definition) is 2. The van der Waals surface area contributed by atoms with Crippen molar-refractivity contribution < 1.29 is 30.7 Å². The van der Waals surface area contributed by atoms with Crippen molar-refractivity contribution in [3.8, 4) is 22.3 Å². The van der Waals surface area contributed by atoms with Crippen LogP contribution in [0.2, 0.25) is 0 Å². The second-order valence-electron chi connectivity index (χ2n) is 6.33. The maximum Gasteiger partial charge on any atom is 0.417 e. The third kappa shape index (κ3) is 4.28. The zero-order chi connectivity index (χ0) is 21.6. The quantitative estimate of drug-likeness (QED) is 0.379. The molecule has 29 heavy (non-hydrogen) atoms. The topological polar surface area (TPSA) is 52.0 Å². The second-order valence-corrected chi connectivity index (χ2v) is 6.33. The van der Waals surface area contributed by atoms with E-state index in [0.29, 0.717) is 12.1 Å². The van der Waals surface area contributed by atoms with Crippen molar-refractivity contribution in [1.29, 1.82) is 0 Å². The van der Waals surface area contributed by atoms with E-state index >= 15 is 0 Å². The fourth-order valence-corrected chi connectivity index (χ4v) is 3.00. The van der Waals surface area contributed by atoms with E-state index < -0.39 is 40.4 Å². The van der Waals surface area contributed by atoms with Gasteiger partial charge in [-0.1, -0.05) is 12.1 Å². The highest BCUT2D eigenvalue weighted by Gasteiger charge is 2.35. The van der Waals surface area contributed by atoms with Gasteiger partial charge in [-0.3, -0.25) is 0 Å². The van der Waals surface area contributed by atoms with Gasteiger partial charge in [-0.15, -0.1) is 0 Å². The average molecular weight is 414 g/mol. The van der Waals surface area contributed by atoms with Crippen LogP contribution in [0.3, 0.4) is 0 Å². The van der Waals surface area contributed by atoms with Gasteiger partial charge in [0, 0.05) is 11.4 Å². The molecular weight excluding hydrogens is 401 g/mol. The largest absolute Gasteiger partial charge is 0.417 e. The highest BCUT2D eigenvalue weighted by Crippen LogP contribution is 2.42. The molecule has 0 bridgehead atoms. The van der Waals surface area contributed by atoms with E-state index in [1.54, 1.807) is 0 Å². The SMILES string of the molecule is Nc1ccc(-c2cc(F)cc(-c3ccc(N)cc3C(F)(F)F)c2)c(C(F)(F)F)c1. The Labute approximate surface area is 160 Å². The molecule has 3 rings (SSSR count). The number of benzene rings is 3. The maximum absolute atomic E-state index is 14.2. The third-order valence-corrected chi connectivity index (χ3v) is 4.22. The zero-order valence-electron chi connectivity index (χ0n) is 14.5. The van der Waals surface area contributed by atoms with Crippen LogP contribution >= 0.6 is 0 Å². The van der Waals surface area contributed by atoms with Crippen molar-refractivity contribution in [2.24, 2.45) is 0 Å². The minimum Gasteiger partial charge on any atom is -0.399 e. The van der Waals surface area contributed by atoms with Crippen LogP contribution in [0.25, 0.3) is 22.3 Å². The molecule has 0 radical (unpaired) electrons. The van der Waals surface area contributed by atoms with Gasteiger partial charge >= 0.3 is 12.4 Å². The lowest BCUT2D eigenvalue weighted by Crippen LogP contribution is -2.09. The first-order valence-electron chi connectivity index (χ1n) is 8.11. The predicted octanol–water partition coefficient (Wildman–Crippen LogP) is 6.36. The number of alkyl halides is 6. The van der Waals surface area contributed by atoms with Gasteiger partial charge in [-0.25, -0.2) is 4.39 Å². The molecular formula is C20H13F7N2. The Morgan fingerprint density at radius 2 is 0.931 bits per heavy atom. The van der Waals surface area contributed by atoms with E-state index in [-0.39, 0.29) is 22.5 Å². The van der Waals surface area contributed by atoms with Gasteiger partial charge in [0.15, 0.2) is 0 Å². The van der Waals surface area contributed by atoms with Gasteiger partial charge < -0.3 is 11.5 Å². The van der Waals surface area contributed by atoms with Crippen LogP contribution in [0.1, 0.15) is 11.1 Å². The van der Waals surface area contributed by atoms with Crippen molar-refractivity contribution in [2.75, 3.05) is 11.5 Å². The van der Waals surface area contributed by atoms with Crippen LogP contribution < -0.4 is 11.5 Å². The molecule has 4 N–H and O–H groups in total. The van der Waals surface area contributed by atoms with Crippen molar-refractivity contribution >= 4 is 11.4 Å². The molecule has 3 aromatic carbocycles. The van der Waals surface area contributed by atoms with Crippen LogP contribution in [0.15, 0.2) is 54.6 Å². The summed E-state index contributed by atoms with van der Waals surface area (Å²) >= 11 is 0. The molecule has 0 aliphatic rings. The summed E-state index contributed by atoms with van der Waals surface area (Å²) in [6.07, 6.45) is -9.59. The first-order valence-corrected chi connectivity index (χ1v) is 8.11. The van der Waals surface area contributed by atoms with Gasteiger partial charge in [0.25, 0.3) is 0 Å². The molecule has 0 aliphatic carbocycles. The number of halogens is 7. The zero-order valence-corrected chi connectivity index (χ0v) is 14.5. The van der Waals surface area contributed by atoms with Crippen molar-refractivity contribution in [1.82, 2.24) is 0 Å². The fraction of sp³-hybridized carbons (Fsp3) is 0.100. The lowest BCUT2D eigenvalue weighted by atomic mass is 9.93. The van der Waals surface area contributed by atoms with E-state index in [1.807, 2.05) is 0 Å². The average Bonchev–Trinajstić information content (AvgIpc) is 2.59. The summed E-state index contributed by atoms with van der Waals surface area (Å²) in [7, 11) is 0. The minimum atomic E-state index is -4.80. The summed E-state index contributed by atoms with van der Waals surface area (Å²) in [6, 6.07) is 8.54. The third-order valence-electron chi connectivity index (χ3n) is 4.22. The first-order chi connectivity index (χ1) is 13.4. The van der Waals surface area contributed by atoms with E-state index in [2.05, 4.69) is 0 Å². The minimum absolute atomic E-state index is 0.157. The molecule has 2 nitrogen and oxygen atoms in total. The number of nitrogen functional groups attached to an aromatic ring is 2. The summed E-state index contributed by atoms with van der Waals surface area (Å²) in [5, 5.41) is 0. The Hall–Kier alpha value is -3.23. The number of hydrogen-bond acceptors (Lipinski definition) is 2. The summed E-state index contributed by atoms with van der Waals surface area (Å²) < 4.78 is 94.5. The standard InChI is InChI=1S/C20H13F7N2/c21-12-6-10(15-3-1-13(28)8-17(15)19(22,23)24)5-11(7-12)16-4-2-14(29)9-18(16)20(25,26)27/h1-9H,28-29H2. The molecule has 0 saturated carbocycles. The van der Waals surface area contributed by atoms with Gasteiger partial charge in [0.05, 0.1) is 11.1 Å². The number of anilines is 2. The molecule has 0 amide bonds. The molecule has 3 aromatic rings. The van der Waals surface area contributed by atoms with Crippen molar-refractivity contribution in [2.45, 2.75) is 12.4 Å². The predicted molar refractivity (Wildman–Crippen MR) is 96.1 cm³/mol. The smallest absolute Gasteiger partial charge is 0.399 e. The van der Waals surface area contributed by atoms with E-state index in [1.165, 1.54) is 12.1 Å². The number of rotatable bonds is 2. The lowest BCUT2D eigenvalue weighted by Gasteiger charge is -2.17. The Morgan fingerprint density at radius 1 is 0.552 bits per heavy atom. The monoisotopic (exact) mass is 414 g/mol. The van der Waals surface area contributed by atoms with Gasteiger partial charge in [0.1, 0.15) is 5.82 Å². The van der Waals surface area contributed by atoms with Crippen LogP contribution in [0.5, 0.6) is 0 Å². The van der Waals surface area contributed by atoms with E-state index in [0.717, 1.165) is 30.3 Å².